The van der Waals surface area contributed by atoms with Crippen molar-refractivity contribution in [3.63, 3.8) is 0 Å². The highest BCUT2D eigenvalue weighted by Crippen LogP contribution is 2.21. The Labute approximate surface area is 127 Å². The highest BCUT2D eigenvalue weighted by atomic mass is 16.3. The number of anilines is 1. The quantitative estimate of drug-likeness (QED) is 0.895. The first-order valence-electron chi connectivity index (χ1n) is 7.82. The topological polar surface area (TPSA) is 52.6 Å². The van der Waals surface area contributed by atoms with Gasteiger partial charge in [0.2, 0.25) is 5.91 Å². The van der Waals surface area contributed by atoms with Gasteiger partial charge < -0.3 is 10.4 Å². The predicted molar refractivity (Wildman–Crippen MR) is 85.4 cm³/mol. The van der Waals surface area contributed by atoms with Gasteiger partial charge in [0.15, 0.2) is 0 Å². The standard InChI is InChI=1S/C17H26N2O2/c1-3-14-6-4-7-15(12-14)18-16(20)13-19-10-5-8-17(2,21)9-11-19/h4,6-7,12,21H,3,5,8-11,13H2,1-2H3,(H,18,20). The summed E-state index contributed by atoms with van der Waals surface area (Å²) in [5.41, 5.74) is 1.50. The zero-order valence-corrected chi connectivity index (χ0v) is 13.1. The Hall–Kier alpha value is -1.39. The summed E-state index contributed by atoms with van der Waals surface area (Å²) < 4.78 is 0. The van der Waals surface area contributed by atoms with E-state index >= 15 is 0 Å². The van der Waals surface area contributed by atoms with Gasteiger partial charge in [-0.15, -0.1) is 0 Å². The zero-order valence-electron chi connectivity index (χ0n) is 13.1. The first-order chi connectivity index (χ1) is 9.98. The molecular weight excluding hydrogens is 264 g/mol. The van der Waals surface area contributed by atoms with Crippen LogP contribution in [0.15, 0.2) is 24.3 Å². The number of carbonyl (C=O) groups excluding carboxylic acids is 1. The summed E-state index contributed by atoms with van der Waals surface area (Å²) in [6, 6.07) is 7.97. The maximum Gasteiger partial charge on any atom is 0.238 e. The second kappa shape index (κ2) is 7.05. The highest BCUT2D eigenvalue weighted by Gasteiger charge is 2.25. The van der Waals surface area contributed by atoms with E-state index in [0.29, 0.717) is 6.54 Å². The summed E-state index contributed by atoms with van der Waals surface area (Å²) in [6.07, 6.45) is 3.44. The Morgan fingerprint density at radius 3 is 2.95 bits per heavy atom. The third-order valence-corrected chi connectivity index (χ3v) is 4.14. The van der Waals surface area contributed by atoms with Gasteiger partial charge in [0.25, 0.3) is 0 Å². The zero-order chi connectivity index (χ0) is 15.3. The number of amides is 1. The number of nitrogens with zero attached hydrogens (tertiary/aromatic N) is 1. The number of hydrogen-bond donors (Lipinski definition) is 2. The average molecular weight is 290 g/mol. The van der Waals surface area contributed by atoms with Crippen molar-refractivity contribution in [3.8, 4) is 0 Å². The fourth-order valence-corrected chi connectivity index (χ4v) is 2.75. The summed E-state index contributed by atoms with van der Waals surface area (Å²) in [5.74, 6) is 0.0183. The first kappa shape index (κ1) is 16.0. The van der Waals surface area contributed by atoms with Crippen LogP contribution >= 0.6 is 0 Å². The molecule has 1 saturated heterocycles. The molecule has 1 unspecified atom stereocenters. The third-order valence-electron chi connectivity index (χ3n) is 4.14. The van der Waals surface area contributed by atoms with Gasteiger partial charge in [-0.3, -0.25) is 9.69 Å². The molecule has 2 rings (SSSR count). The largest absolute Gasteiger partial charge is 0.390 e. The van der Waals surface area contributed by atoms with Gasteiger partial charge in [0, 0.05) is 12.2 Å². The van der Waals surface area contributed by atoms with Gasteiger partial charge >= 0.3 is 0 Å². The van der Waals surface area contributed by atoms with Crippen molar-refractivity contribution in [2.45, 2.75) is 45.1 Å². The molecule has 4 heteroatoms. The van der Waals surface area contributed by atoms with Gasteiger partial charge in [0.1, 0.15) is 0 Å². The second-order valence-electron chi connectivity index (χ2n) is 6.23. The molecule has 2 N–H and O–H groups in total. The molecule has 0 saturated carbocycles. The van der Waals surface area contributed by atoms with E-state index in [-0.39, 0.29) is 5.91 Å². The van der Waals surface area contributed by atoms with Crippen molar-refractivity contribution in [2.75, 3.05) is 25.0 Å². The number of aliphatic hydroxyl groups is 1. The minimum Gasteiger partial charge on any atom is -0.390 e. The molecule has 0 aromatic heterocycles. The SMILES string of the molecule is CCc1cccc(NC(=O)CN2CCCC(C)(O)CC2)c1. The number of nitrogens with one attached hydrogen (secondary N) is 1. The Morgan fingerprint density at radius 2 is 2.19 bits per heavy atom. The second-order valence-corrected chi connectivity index (χ2v) is 6.23. The maximum absolute atomic E-state index is 12.1. The van der Waals surface area contributed by atoms with Crippen LogP contribution in [0.2, 0.25) is 0 Å². The van der Waals surface area contributed by atoms with Crippen molar-refractivity contribution in [1.29, 1.82) is 0 Å². The van der Waals surface area contributed by atoms with Crippen LogP contribution in [0.5, 0.6) is 0 Å². The molecule has 4 nitrogen and oxygen atoms in total. The molecule has 0 spiro atoms. The van der Waals surface area contributed by atoms with E-state index < -0.39 is 5.60 Å². The van der Waals surface area contributed by atoms with Crippen LogP contribution in [-0.2, 0) is 11.2 Å². The Bertz CT molecular complexity index is 485. The molecule has 1 aromatic carbocycles. The van der Waals surface area contributed by atoms with E-state index in [1.165, 1.54) is 5.56 Å². The van der Waals surface area contributed by atoms with Gasteiger partial charge in [0.05, 0.1) is 12.1 Å². The number of hydrogen-bond acceptors (Lipinski definition) is 3. The van der Waals surface area contributed by atoms with E-state index in [2.05, 4.69) is 23.2 Å². The number of aryl methyl sites for hydroxylation is 1. The van der Waals surface area contributed by atoms with Gasteiger partial charge in [-0.05, 0) is 56.8 Å². The fourth-order valence-electron chi connectivity index (χ4n) is 2.75. The molecule has 0 radical (unpaired) electrons. The molecule has 1 heterocycles. The van der Waals surface area contributed by atoms with Crippen molar-refractivity contribution < 1.29 is 9.90 Å². The van der Waals surface area contributed by atoms with E-state index in [0.717, 1.165) is 44.5 Å². The molecule has 1 fully saturated rings. The predicted octanol–water partition coefficient (Wildman–Crippen LogP) is 2.42. The maximum atomic E-state index is 12.1. The van der Waals surface area contributed by atoms with Crippen LogP contribution in [0.25, 0.3) is 0 Å². The number of carbonyl (C=O) groups is 1. The molecule has 0 bridgehead atoms. The van der Waals surface area contributed by atoms with E-state index in [9.17, 15) is 9.90 Å². The summed E-state index contributed by atoms with van der Waals surface area (Å²) in [4.78, 5) is 14.3. The molecule has 1 atom stereocenters. The lowest BCUT2D eigenvalue weighted by atomic mass is 9.98. The van der Waals surface area contributed by atoms with Crippen LogP contribution in [-0.4, -0.2) is 41.1 Å². The molecular formula is C17H26N2O2. The van der Waals surface area contributed by atoms with Gasteiger partial charge in [-0.25, -0.2) is 0 Å². The third kappa shape index (κ3) is 5.14. The highest BCUT2D eigenvalue weighted by molar-refractivity contribution is 5.92. The fraction of sp³-hybridized carbons (Fsp3) is 0.588. The summed E-state index contributed by atoms with van der Waals surface area (Å²) in [6.45, 7) is 6.03. The van der Waals surface area contributed by atoms with Crippen LogP contribution in [0, 0.1) is 0 Å². The molecule has 1 amide bonds. The van der Waals surface area contributed by atoms with Crippen LogP contribution in [0.3, 0.4) is 0 Å². The number of rotatable bonds is 4. The van der Waals surface area contributed by atoms with Gasteiger partial charge in [-0.2, -0.15) is 0 Å². The van der Waals surface area contributed by atoms with Crippen LogP contribution < -0.4 is 5.32 Å². The van der Waals surface area contributed by atoms with Crippen molar-refractivity contribution >= 4 is 11.6 Å². The van der Waals surface area contributed by atoms with Gasteiger partial charge in [-0.1, -0.05) is 19.1 Å². The average Bonchev–Trinajstić information content (AvgIpc) is 2.60. The van der Waals surface area contributed by atoms with Crippen LogP contribution in [0.1, 0.15) is 38.7 Å². The lowest BCUT2D eigenvalue weighted by Crippen LogP contribution is -2.35. The number of likely N-dealkylation sites (tertiary alicyclic amines) is 1. The molecule has 21 heavy (non-hydrogen) atoms. The molecule has 0 aliphatic carbocycles. The molecule has 116 valence electrons. The Morgan fingerprint density at radius 1 is 1.38 bits per heavy atom. The smallest absolute Gasteiger partial charge is 0.238 e. The minimum atomic E-state index is -0.583. The molecule has 1 aromatic rings. The monoisotopic (exact) mass is 290 g/mol. The van der Waals surface area contributed by atoms with E-state index in [1.54, 1.807) is 0 Å². The Kier molecular flexibility index (Phi) is 5.37. The summed E-state index contributed by atoms with van der Waals surface area (Å²) >= 11 is 0. The first-order valence-corrected chi connectivity index (χ1v) is 7.82. The van der Waals surface area contributed by atoms with E-state index in [1.807, 2.05) is 25.1 Å². The Balaban J connectivity index is 1.86. The lowest BCUT2D eigenvalue weighted by Gasteiger charge is -2.22. The minimum absolute atomic E-state index is 0.0183. The molecule has 1 aliphatic heterocycles. The van der Waals surface area contributed by atoms with Crippen molar-refractivity contribution in [1.82, 2.24) is 4.90 Å². The number of benzene rings is 1. The van der Waals surface area contributed by atoms with Crippen LogP contribution in [0.4, 0.5) is 5.69 Å². The van der Waals surface area contributed by atoms with Crippen molar-refractivity contribution in [2.24, 2.45) is 0 Å². The lowest BCUT2D eigenvalue weighted by molar-refractivity contribution is -0.117. The summed E-state index contributed by atoms with van der Waals surface area (Å²) in [5, 5.41) is 13.0. The summed E-state index contributed by atoms with van der Waals surface area (Å²) in [7, 11) is 0. The normalized spacial score (nSPS) is 23.6. The van der Waals surface area contributed by atoms with Crippen molar-refractivity contribution in [3.05, 3.63) is 29.8 Å². The molecule has 1 aliphatic rings. The van der Waals surface area contributed by atoms with E-state index in [4.69, 9.17) is 0 Å².